The second-order valence-corrected chi connectivity index (χ2v) is 10.3. The van der Waals surface area contributed by atoms with Gasteiger partial charge >= 0.3 is 6.01 Å². The third-order valence-electron chi connectivity index (χ3n) is 4.35. The second kappa shape index (κ2) is 13.0. The lowest BCUT2D eigenvalue weighted by Gasteiger charge is -2.26. The van der Waals surface area contributed by atoms with Crippen LogP contribution in [0.4, 0.5) is 0 Å². The molecular formula is C22H24Br2N5O4S-. The minimum absolute atomic E-state index is 0.0500. The number of aromatic nitrogens is 2. The van der Waals surface area contributed by atoms with Crippen LogP contribution < -0.4 is 9.46 Å². The van der Waals surface area contributed by atoms with Gasteiger partial charge in [-0.25, -0.2) is 23.1 Å². The van der Waals surface area contributed by atoms with Crippen LogP contribution in [0.5, 0.6) is 6.01 Å². The molecule has 1 aliphatic rings. The van der Waals surface area contributed by atoms with Gasteiger partial charge in [0.25, 0.3) is 0 Å². The number of benzene rings is 1. The van der Waals surface area contributed by atoms with Crippen molar-refractivity contribution < 1.29 is 17.9 Å². The summed E-state index contributed by atoms with van der Waals surface area (Å²) in [6, 6.07) is 7.65. The molecule has 9 nitrogen and oxygen atoms in total. The summed E-state index contributed by atoms with van der Waals surface area (Å²) in [5.74, 6) is 0.526. The van der Waals surface area contributed by atoms with Gasteiger partial charge in [0.15, 0.2) is 0 Å². The topological polar surface area (TPSA) is 117 Å². The molecule has 0 spiro atoms. The molecule has 0 fully saturated rings. The van der Waals surface area contributed by atoms with Gasteiger partial charge in [-0.05, 0) is 64.8 Å². The molecule has 1 N–H and O–H groups in total. The Morgan fingerprint density at radius 3 is 2.44 bits per heavy atom. The Morgan fingerprint density at radius 1 is 1.03 bits per heavy atom. The summed E-state index contributed by atoms with van der Waals surface area (Å²) in [4.78, 5) is 12.5. The van der Waals surface area contributed by atoms with Gasteiger partial charge in [0, 0.05) is 29.0 Å². The van der Waals surface area contributed by atoms with Crippen LogP contribution in [0.1, 0.15) is 31.7 Å². The lowest BCUT2D eigenvalue weighted by Crippen LogP contribution is -2.23. The van der Waals surface area contributed by atoms with Crippen molar-refractivity contribution in [2.24, 2.45) is 4.99 Å². The van der Waals surface area contributed by atoms with Crippen molar-refractivity contribution in [1.29, 1.82) is 0 Å². The predicted molar refractivity (Wildman–Crippen MR) is 139 cm³/mol. The quantitative estimate of drug-likeness (QED) is 0.351. The van der Waals surface area contributed by atoms with Crippen LogP contribution in [-0.4, -0.2) is 44.4 Å². The Hall–Kier alpha value is -2.28. The lowest BCUT2D eigenvalue weighted by molar-refractivity contribution is 0.158. The van der Waals surface area contributed by atoms with Crippen LogP contribution in [0, 0.1) is 0 Å². The third-order valence-corrected chi connectivity index (χ3v) is 6.27. The van der Waals surface area contributed by atoms with E-state index in [0.717, 1.165) is 14.5 Å². The van der Waals surface area contributed by atoms with Gasteiger partial charge in [-0.15, -0.1) is 6.21 Å². The summed E-state index contributed by atoms with van der Waals surface area (Å²) in [5, 5.41) is 0. The first-order chi connectivity index (χ1) is 16.4. The van der Waals surface area contributed by atoms with E-state index in [1.807, 2.05) is 37.3 Å². The van der Waals surface area contributed by atoms with E-state index in [2.05, 4.69) is 56.3 Å². The van der Waals surface area contributed by atoms with E-state index in [4.69, 9.17) is 9.47 Å². The average Bonchev–Trinajstić information content (AvgIpc) is 2.80. The standard InChI is InChI=1S/C22H24Br2N5O4S/c1-2-10-28-34(30,31)29-21-20(16-6-8-17(23)9-7-16)19(5-3-4-11-25-21)32-12-13-33-22-26-14-18(24)15-27-22/h5-9,11,14-15,28H,2-4,10,12-13H2,1H3/q-1/b19-5+,21-20+,25-11-. The Kier molecular flexibility index (Phi) is 10.1. The number of aliphatic imine (C=N–C) groups is 1. The zero-order valence-electron chi connectivity index (χ0n) is 18.4. The molecule has 0 amide bonds. The number of allylic oxidation sites excluding steroid dienone is 2. The SMILES string of the molecule is CCCNS(=O)(=O)[N-]C1=C(c2ccc(Br)cc2)/C(OCCOc2ncc(Br)cn2)=C\CC/C=N\1. The van der Waals surface area contributed by atoms with Gasteiger partial charge < -0.3 is 19.2 Å². The van der Waals surface area contributed by atoms with E-state index in [9.17, 15) is 8.42 Å². The summed E-state index contributed by atoms with van der Waals surface area (Å²) in [5.41, 5.74) is 1.19. The van der Waals surface area contributed by atoms with Crippen molar-refractivity contribution in [3.63, 3.8) is 0 Å². The Labute approximate surface area is 216 Å². The highest BCUT2D eigenvalue weighted by atomic mass is 79.9. The first-order valence-corrected chi connectivity index (χ1v) is 13.6. The van der Waals surface area contributed by atoms with Crippen LogP contribution in [0.25, 0.3) is 10.3 Å². The first kappa shape index (κ1) is 26.3. The smallest absolute Gasteiger partial charge is 0.316 e. The Balaban J connectivity index is 1.87. The number of halogens is 2. The van der Waals surface area contributed by atoms with Gasteiger partial charge in [0.1, 0.15) is 19.0 Å². The highest BCUT2D eigenvalue weighted by Crippen LogP contribution is 2.34. The molecule has 34 heavy (non-hydrogen) atoms. The number of hydrogen-bond acceptors (Lipinski definition) is 7. The minimum atomic E-state index is -3.94. The highest BCUT2D eigenvalue weighted by Gasteiger charge is 2.16. The monoisotopic (exact) mass is 612 g/mol. The molecule has 2 aromatic rings. The maximum absolute atomic E-state index is 12.5. The molecule has 0 saturated heterocycles. The van der Waals surface area contributed by atoms with E-state index < -0.39 is 10.2 Å². The predicted octanol–water partition coefficient (Wildman–Crippen LogP) is 5.13. The number of nitrogens with zero attached hydrogens (tertiary/aromatic N) is 4. The molecule has 0 atom stereocenters. The van der Waals surface area contributed by atoms with Gasteiger partial charge in [0.05, 0.1) is 4.47 Å². The van der Waals surface area contributed by atoms with Gasteiger partial charge in [-0.3, -0.25) is 0 Å². The normalized spacial score (nSPS) is 18.9. The summed E-state index contributed by atoms with van der Waals surface area (Å²) < 4.78 is 44.7. The fraction of sp³-hybridized carbons (Fsp3) is 0.318. The van der Waals surface area contributed by atoms with E-state index in [0.29, 0.717) is 30.6 Å². The number of rotatable bonds is 11. The van der Waals surface area contributed by atoms with E-state index in [1.54, 1.807) is 18.6 Å². The molecule has 12 heteroatoms. The summed E-state index contributed by atoms with van der Waals surface area (Å²) >= 11 is 6.71. The molecule has 3 rings (SSSR count). The van der Waals surface area contributed by atoms with E-state index >= 15 is 0 Å². The molecule has 0 unspecified atom stereocenters. The fourth-order valence-electron chi connectivity index (χ4n) is 2.84. The van der Waals surface area contributed by atoms with Gasteiger partial charge in [-0.2, -0.15) is 0 Å². The zero-order valence-corrected chi connectivity index (χ0v) is 22.4. The van der Waals surface area contributed by atoms with E-state index in [1.165, 1.54) is 0 Å². The summed E-state index contributed by atoms with van der Waals surface area (Å²) in [6.07, 6.45) is 8.68. The first-order valence-electron chi connectivity index (χ1n) is 10.6. The highest BCUT2D eigenvalue weighted by molar-refractivity contribution is 9.10. The van der Waals surface area contributed by atoms with Crippen LogP contribution in [0.2, 0.25) is 0 Å². The largest absolute Gasteiger partial charge is 0.490 e. The molecule has 0 saturated carbocycles. The minimum Gasteiger partial charge on any atom is -0.490 e. The van der Waals surface area contributed by atoms with Crippen molar-refractivity contribution in [3.8, 4) is 6.01 Å². The van der Waals surface area contributed by atoms with Gasteiger partial charge in [0.2, 0.25) is 10.2 Å². The van der Waals surface area contributed by atoms with Crippen LogP contribution >= 0.6 is 31.9 Å². The molecular weight excluding hydrogens is 590 g/mol. The maximum Gasteiger partial charge on any atom is 0.316 e. The number of hydrogen-bond donors (Lipinski definition) is 1. The van der Waals surface area contributed by atoms with Crippen LogP contribution in [0.3, 0.4) is 0 Å². The van der Waals surface area contributed by atoms with Gasteiger partial charge in [-0.1, -0.05) is 35.0 Å². The van der Waals surface area contributed by atoms with Crippen molar-refractivity contribution in [2.75, 3.05) is 19.8 Å². The Morgan fingerprint density at radius 2 is 1.74 bits per heavy atom. The maximum atomic E-state index is 12.5. The van der Waals surface area contributed by atoms with Crippen LogP contribution in [0.15, 0.2) is 68.3 Å². The number of nitrogens with one attached hydrogen (secondary N) is 1. The van der Waals surface area contributed by atoms with Crippen molar-refractivity contribution in [1.82, 2.24) is 14.7 Å². The zero-order chi connectivity index (χ0) is 24.4. The Bertz CT molecular complexity index is 1150. The van der Waals surface area contributed by atoms with E-state index in [-0.39, 0.29) is 31.6 Å². The van der Waals surface area contributed by atoms with Crippen molar-refractivity contribution in [2.45, 2.75) is 26.2 Å². The van der Waals surface area contributed by atoms with Crippen molar-refractivity contribution in [3.05, 3.63) is 73.5 Å². The lowest BCUT2D eigenvalue weighted by atomic mass is 10.0. The molecule has 1 aliphatic heterocycles. The molecule has 182 valence electrons. The molecule has 0 bridgehead atoms. The molecule has 2 heterocycles. The molecule has 0 radical (unpaired) electrons. The number of ether oxygens (including phenoxy) is 2. The third kappa shape index (κ3) is 8.19. The summed E-state index contributed by atoms with van der Waals surface area (Å²) in [7, 11) is -3.94. The molecule has 0 aliphatic carbocycles. The van der Waals surface area contributed by atoms with Crippen LogP contribution in [-0.2, 0) is 14.9 Å². The second-order valence-electron chi connectivity index (χ2n) is 7.00. The fourth-order valence-corrected chi connectivity index (χ4v) is 4.20. The molecule has 1 aromatic carbocycles. The summed E-state index contributed by atoms with van der Waals surface area (Å²) in [6.45, 7) is 2.53. The van der Waals surface area contributed by atoms with Crippen molar-refractivity contribution >= 4 is 53.9 Å². The molecule has 1 aromatic heterocycles. The average molecular weight is 614 g/mol.